The number of rotatable bonds is 3. The van der Waals surface area contributed by atoms with Crippen LogP contribution in [0.5, 0.6) is 5.75 Å². The molecule has 1 N–H and O–H groups in total. The van der Waals surface area contributed by atoms with Crippen LogP contribution in [0, 0.1) is 3.57 Å². The highest BCUT2D eigenvalue weighted by atomic mass is 127. The van der Waals surface area contributed by atoms with E-state index < -0.39 is 6.10 Å². The molecule has 0 spiro atoms. The number of hydrogen-bond donors (Lipinski definition) is 1. The molecule has 0 aliphatic heterocycles. The second kappa shape index (κ2) is 4.81. The third-order valence-corrected chi connectivity index (χ3v) is 2.53. The highest BCUT2D eigenvalue weighted by molar-refractivity contribution is 14.1. The first-order valence-corrected chi connectivity index (χ1v) is 5.28. The molecule has 0 aromatic heterocycles. The minimum absolute atomic E-state index is 0.167. The van der Waals surface area contributed by atoms with Gasteiger partial charge in [-0.25, -0.2) is 0 Å². The monoisotopic (exact) mass is 292 g/mol. The Labute approximate surface area is 92.1 Å². The maximum absolute atomic E-state index is 9.21. The molecule has 1 aromatic carbocycles. The average molecular weight is 292 g/mol. The van der Waals surface area contributed by atoms with Crippen LogP contribution >= 0.6 is 22.6 Å². The van der Waals surface area contributed by atoms with E-state index in [1.54, 1.807) is 6.92 Å². The molecule has 0 saturated heterocycles. The summed E-state index contributed by atoms with van der Waals surface area (Å²) in [5.41, 5.74) is 0. The van der Waals surface area contributed by atoms with Crippen molar-refractivity contribution in [1.29, 1.82) is 0 Å². The van der Waals surface area contributed by atoms with Gasteiger partial charge in [-0.1, -0.05) is 0 Å². The second-order valence-corrected chi connectivity index (χ2v) is 4.26. The Bertz CT molecular complexity index is 256. The van der Waals surface area contributed by atoms with Crippen LogP contribution in [-0.2, 0) is 0 Å². The highest BCUT2D eigenvalue weighted by Crippen LogP contribution is 2.15. The lowest BCUT2D eigenvalue weighted by molar-refractivity contribution is 0.0604. The molecular formula is C10H13IO2. The lowest BCUT2D eigenvalue weighted by atomic mass is 10.2. The summed E-state index contributed by atoms with van der Waals surface area (Å²) >= 11 is 2.24. The maximum atomic E-state index is 9.21. The molecule has 0 saturated carbocycles. The van der Waals surface area contributed by atoms with Gasteiger partial charge in [0.25, 0.3) is 0 Å². The van der Waals surface area contributed by atoms with E-state index >= 15 is 0 Å². The first kappa shape index (κ1) is 10.8. The molecule has 2 atom stereocenters. The molecule has 0 aliphatic carbocycles. The van der Waals surface area contributed by atoms with Crippen LogP contribution in [0.4, 0.5) is 0 Å². The van der Waals surface area contributed by atoms with Crippen LogP contribution < -0.4 is 4.74 Å². The third kappa shape index (κ3) is 3.52. The van der Waals surface area contributed by atoms with Crippen molar-refractivity contribution in [3.63, 3.8) is 0 Å². The zero-order valence-corrected chi connectivity index (χ0v) is 9.86. The van der Waals surface area contributed by atoms with Crippen molar-refractivity contribution in [2.24, 2.45) is 0 Å². The molecular weight excluding hydrogens is 279 g/mol. The van der Waals surface area contributed by atoms with Crippen molar-refractivity contribution < 1.29 is 9.84 Å². The molecule has 0 bridgehead atoms. The number of halogens is 1. The minimum Gasteiger partial charge on any atom is -0.488 e. The quantitative estimate of drug-likeness (QED) is 0.867. The van der Waals surface area contributed by atoms with Crippen molar-refractivity contribution in [1.82, 2.24) is 0 Å². The summed E-state index contributed by atoms with van der Waals surface area (Å²) in [5, 5.41) is 9.21. The van der Waals surface area contributed by atoms with Crippen molar-refractivity contribution in [3.8, 4) is 5.75 Å². The van der Waals surface area contributed by atoms with Gasteiger partial charge >= 0.3 is 0 Å². The predicted octanol–water partition coefficient (Wildman–Crippen LogP) is 2.44. The fourth-order valence-corrected chi connectivity index (χ4v) is 1.19. The van der Waals surface area contributed by atoms with Crippen molar-refractivity contribution >= 4 is 22.6 Å². The predicted molar refractivity (Wildman–Crippen MR) is 60.9 cm³/mol. The number of aliphatic hydroxyl groups is 1. The summed E-state index contributed by atoms with van der Waals surface area (Å²) in [6.07, 6.45) is -0.612. The van der Waals surface area contributed by atoms with Crippen molar-refractivity contribution in [2.45, 2.75) is 26.1 Å². The number of aliphatic hydroxyl groups excluding tert-OH is 1. The zero-order valence-electron chi connectivity index (χ0n) is 7.70. The summed E-state index contributed by atoms with van der Waals surface area (Å²) in [6, 6.07) is 7.76. The van der Waals surface area contributed by atoms with E-state index in [0.29, 0.717) is 0 Å². The maximum Gasteiger partial charge on any atom is 0.121 e. The molecule has 13 heavy (non-hydrogen) atoms. The SMILES string of the molecule is CC(O)C(C)Oc1ccc(I)cc1. The van der Waals surface area contributed by atoms with E-state index in [0.717, 1.165) is 5.75 Å². The largest absolute Gasteiger partial charge is 0.488 e. The van der Waals surface area contributed by atoms with Gasteiger partial charge in [0.15, 0.2) is 0 Å². The fraction of sp³-hybridized carbons (Fsp3) is 0.400. The molecule has 0 amide bonds. The number of benzene rings is 1. The molecule has 1 rings (SSSR count). The fourth-order valence-electron chi connectivity index (χ4n) is 0.826. The van der Waals surface area contributed by atoms with Gasteiger partial charge in [-0.05, 0) is 60.7 Å². The molecule has 2 unspecified atom stereocenters. The van der Waals surface area contributed by atoms with Gasteiger partial charge in [-0.3, -0.25) is 0 Å². The standard InChI is InChI=1S/C10H13IO2/c1-7(12)8(2)13-10-5-3-9(11)4-6-10/h3-8,12H,1-2H3. The first-order chi connectivity index (χ1) is 6.09. The molecule has 0 aliphatic rings. The van der Waals surface area contributed by atoms with Gasteiger partial charge < -0.3 is 9.84 Å². The smallest absolute Gasteiger partial charge is 0.121 e. The third-order valence-electron chi connectivity index (χ3n) is 1.81. The van der Waals surface area contributed by atoms with Crippen molar-refractivity contribution in [2.75, 3.05) is 0 Å². The summed E-state index contributed by atoms with van der Waals surface area (Å²) < 4.78 is 6.65. The molecule has 72 valence electrons. The Morgan fingerprint density at radius 2 is 1.77 bits per heavy atom. The van der Waals surface area contributed by atoms with Gasteiger partial charge in [-0.15, -0.1) is 0 Å². The van der Waals surface area contributed by atoms with E-state index in [-0.39, 0.29) is 6.10 Å². The Hall–Kier alpha value is -0.290. The Kier molecular flexibility index (Phi) is 3.99. The molecule has 2 nitrogen and oxygen atoms in total. The van der Waals surface area contributed by atoms with E-state index in [1.807, 2.05) is 31.2 Å². The molecule has 3 heteroatoms. The lowest BCUT2D eigenvalue weighted by Crippen LogP contribution is -2.25. The Balaban J connectivity index is 2.59. The van der Waals surface area contributed by atoms with Crippen LogP contribution in [0.1, 0.15) is 13.8 Å². The van der Waals surface area contributed by atoms with Crippen LogP contribution in [0.3, 0.4) is 0 Å². The van der Waals surface area contributed by atoms with E-state index in [9.17, 15) is 5.11 Å². The van der Waals surface area contributed by atoms with Gasteiger partial charge in [0.2, 0.25) is 0 Å². The molecule has 1 aromatic rings. The first-order valence-electron chi connectivity index (χ1n) is 4.20. The summed E-state index contributed by atoms with van der Waals surface area (Å²) in [4.78, 5) is 0. The highest BCUT2D eigenvalue weighted by Gasteiger charge is 2.09. The number of ether oxygens (including phenoxy) is 1. The van der Waals surface area contributed by atoms with Crippen LogP contribution in [0.15, 0.2) is 24.3 Å². The van der Waals surface area contributed by atoms with E-state index in [2.05, 4.69) is 22.6 Å². The van der Waals surface area contributed by atoms with Crippen LogP contribution in [0.25, 0.3) is 0 Å². The summed E-state index contributed by atoms with van der Waals surface area (Å²) in [5.74, 6) is 0.800. The number of hydrogen-bond acceptors (Lipinski definition) is 2. The Morgan fingerprint density at radius 3 is 2.23 bits per heavy atom. The van der Waals surface area contributed by atoms with E-state index in [1.165, 1.54) is 3.57 Å². The van der Waals surface area contributed by atoms with E-state index in [4.69, 9.17) is 4.74 Å². The van der Waals surface area contributed by atoms with Gasteiger partial charge in [0, 0.05) is 3.57 Å². The molecule has 0 fully saturated rings. The lowest BCUT2D eigenvalue weighted by Gasteiger charge is -2.16. The normalized spacial score (nSPS) is 15.1. The Morgan fingerprint density at radius 1 is 1.23 bits per heavy atom. The minimum atomic E-state index is -0.445. The van der Waals surface area contributed by atoms with Crippen molar-refractivity contribution in [3.05, 3.63) is 27.8 Å². The zero-order chi connectivity index (χ0) is 9.84. The topological polar surface area (TPSA) is 29.5 Å². The van der Waals surface area contributed by atoms with Gasteiger partial charge in [-0.2, -0.15) is 0 Å². The van der Waals surface area contributed by atoms with Gasteiger partial charge in [0.1, 0.15) is 11.9 Å². The van der Waals surface area contributed by atoms with Gasteiger partial charge in [0.05, 0.1) is 6.10 Å². The molecule has 0 heterocycles. The second-order valence-electron chi connectivity index (χ2n) is 3.02. The average Bonchev–Trinajstić information content (AvgIpc) is 2.08. The summed E-state index contributed by atoms with van der Waals surface area (Å²) in [6.45, 7) is 3.57. The van der Waals surface area contributed by atoms with Crippen LogP contribution in [0.2, 0.25) is 0 Å². The molecule has 0 radical (unpaired) electrons. The van der Waals surface area contributed by atoms with Crippen LogP contribution in [-0.4, -0.2) is 17.3 Å². The summed E-state index contributed by atoms with van der Waals surface area (Å²) in [7, 11) is 0.